The number of benzene rings is 3. The molecule has 0 aliphatic carbocycles. The molecule has 0 spiro atoms. The van der Waals surface area contributed by atoms with Crippen LogP contribution in [-0.2, 0) is 0 Å². The maximum atomic E-state index is 12.8. The molecule has 4 aromatic rings. The summed E-state index contributed by atoms with van der Waals surface area (Å²) in [7, 11) is 1.63. The molecule has 3 heteroatoms. The number of hydrogen-bond donors (Lipinski definition) is 0. The maximum Gasteiger partial charge on any atom is 0.197 e. The van der Waals surface area contributed by atoms with Gasteiger partial charge in [0.2, 0.25) is 0 Å². The number of rotatable bonds is 2. The molecule has 0 bridgehead atoms. The molecule has 3 nitrogen and oxygen atoms in total. The molecular formula is C20H15NO2. The molecule has 0 unspecified atom stereocenters. The highest BCUT2D eigenvalue weighted by atomic mass is 16.5. The summed E-state index contributed by atoms with van der Waals surface area (Å²) < 4.78 is 7.46. The fourth-order valence-corrected chi connectivity index (χ4v) is 3.01. The monoisotopic (exact) mass is 301 g/mol. The fraction of sp³-hybridized carbons (Fsp3) is 0.0500. The Bertz CT molecular complexity index is 1070. The van der Waals surface area contributed by atoms with Gasteiger partial charge in [-0.2, -0.15) is 0 Å². The zero-order valence-corrected chi connectivity index (χ0v) is 12.7. The third kappa shape index (κ3) is 2.09. The van der Waals surface area contributed by atoms with Gasteiger partial charge in [-0.25, -0.2) is 0 Å². The second kappa shape index (κ2) is 5.29. The van der Waals surface area contributed by atoms with Crippen molar-refractivity contribution in [2.75, 3.05) is 7.11 Å². The number of methoxy groups -OCH3 is 1. The summed E-state index contributed by atoms with van der Waals surface area (Å²) >= 11 is 0. The lowest BCUT2D eigenvalue weighted by Gasteiger charge is -2.16. The van der Waals surface area contributed by atoms with Crippen molar-refractivity contribution >= 4 is 21.8 Å². The first kappa shape index (κ1) is 13.6. The van der Waals surface area contributed by atoms with Gasteiger partial charge in [0, 0.05) is 22.5 Å². The highest BCUT2D eigenvalue weighted by molar-refractivity contribution is 5.95. The van der Waals surface area contributed by atoms with Gasteiger partial charge in [-0.15, -0.1) is 0 Å². The van der Waals surface area contributed by atoms with Crippen LogP contribution in [0.5, 0.6) is 5.75 Å². The highest BCUT2D eigenvalue weighted by Gasteiger charge is 2.12. The third-order valence-corrected chi connectivity index (χ3v) is 4.09. The Labute approximate surface area is 133 Å². The topological polar surface area (TPSA) is 31.2 Å². The van der Waals surface area contributed by atoms with Crippen molar-refractivity contribution in [3.05, 3.63) is 83.0 Å². The van der Waals surface area contributed by atoms with Gasteiger partial charge in [0.1, 0.15) is 5.75 Å². The van der Waals surface area contributed by atoms with E-state index in [-0.39, 0.29) is 5.43 Å². The molecular weight excluding hydrogens is 286 g/mol. The number of para-hydroxylation sites is 2. The van der Waals surface area contributed by atoms with Crippen LogP contribution in [0.15, 0.2) is 77.6 Å². The van der Waals surface area contributed by atoms with Gasteiger partial charge < -0.3 is 9.30 Å². The Morgan fingerprint density at radius 2 is 1.48 bits per heavy atom. The average molecular weight is 301 g/mol. The van der Waals surface area contributed by atoms with Crippen LogP contribution in [0.1, 0.15) is 0 Å². The standard InChI is InChI=1S/C20H15NO2/c1-23-15-11-12-17-19(13-15)21(14-7-3-2-4-8-14)18-10-6-5-9-16(18)20(17)22/h2-13H,1H3. The van der Waals surface area contributed by atoms with Crippen LogP contribution in [0.2, 0.25) is 0 Å². The summed E-state index contributed by atoms with van der Waals surface area (Å²) in [6.45, 7) is 0. The van der Waals surface area contributed by atoms with Crippen LogP contribution in [0.25, 0.3) is 27.5 Å². The van der Waals surface area contributed by atoms with Crippen molar-refractivity contribution < 1.29 is 4.74 Å². The van der Waals surface area contributed by atoms with Crippen molar-refractivity contribution in [3.8, 4) is 11.4 Å². The first-order chi connectivity index (χ1) is 11.3. The minimum atomic E-state index is 0.0467. The molecule has 3 aromatic carbocycles. The molecule has 0 N–H and O–H groups in total. The van der Waals surface area contributed by atoms with Crippen molar-refractivity contribution in [1.82, 2.24) is 4.57 Å². The highest BCUT2D eigenvalue weighted by Crippen LogP contribution is 2.26. The first-order valence-electron chi connectivity index (χ1n) is 7.46. The molecule has 1 heterocycles. The first-order valence-corrected chi connectivity index (χ1v) is 7.46. The van der Waals surface area contributed by atoms with E-state index >= 15 is 0 Å². The minimum Gasteiger partial charge on any atom is -0.497 e. The molecule has 0 saturated heterocycles. The molecule has 0 atom stereocenters. The number of nitrogens with zero attached hydrogens (tertiary/aromatic N) is 1. The predicted octanol–water partition coefficient (Wildman–Crippen LogP) is 4.15. The molecule has 0 amide bonds. The van der Waals surface area contributed by atoms with E-state index in [2.05, 4.69) is 4.57 Å². The Kier molecular flexibility index (Phi) is 3.12. The summed E-state index contributed by atoms with van der Waals surface area (Å²) in [5.74, 6) is 0.733. The van der Waals surface area contributed by atoms with Gasteiger partial charge in [-0.1, -0.05) is 30.3 Å². The normalized spacial score (nSPS) is 11.0. The van der Waals surface area contributed by atoms with Crippen LogP contribution in [-0.4, -0.2) is 11.7 Å². The van der Waals surface area contributed by atoms with Gasteiger partial charge in [0.05, 0.1) is 18.1 Å². The lowest BCUT2D eigenvalue weighted by atomic mass is 10.1. The number of fused-ring (bicyclic) bond motifs is 2. The number of pyridine rings is 1. The summed E-state index contributed by atoms with van der Waals surface area (Å²) in [5, 5.41) is 1.40. The van der Waals surface area contributed by atoms with Gasteiger partial charge in [0.15, 0.2) is 5.43 Å². The van der Waals surface area contributed by atoms with Crippen LogP contribution >= 0.6 is 0 Å². The van der Waals surface area contributed by atoms with E-state index in [1.807, 2.05) is 72.8 Å². The zero-order chi connectivity index (χ0) is 15.8. The van der Waals surface area contributed by atoms with E-state index in [4.69, 9.17) is 4.74 Å². The molecule has 0 fully saturated rings. The van der Waals surface area contributed by atoms with Gasteiger partial charge in [-0.3, -0.25) is 4.79 Å². The Morgan fingerprint density at radius 1 is 0.783 bits per heavy atom. The van der Waals surface area contributed by atoms with E-state index in [1.54, 1.807) is 7.11 Å². The van der Waals surface area contributed by atoms with Crippen molar-refractivity contribution in [1.29, 1.82) is 0 Å². The maximum absolute atomic E-state index is 12.8. The number of aromatic nitrogens is 1. The SMILES string of the molecule is COc1ccc2c(=O)c3ccccc3n(-c3ccccc3)c2c1. The predicted molar refractivity (Wildman–Crippen MR) is 93.6 cm³/mol. The third-order valence-electron chi connectivity index (χ3n) is 4.09. The molecule has 0 aliphatic heterocycles. The smallest absolute Gasteiger partial charge is 0.197 e. The van der Waals surface area contributed by atoms with Gasteiger partial charge in [-0.05, 0) is 36.4 Å². The molecule has 0 radical (unpaired) electrons. The van der Waals surface area contributed by atoms with Crippen molar-refractivity contribution in [2.45, 2.75) is 0 Å². The number of ether oxygens (including phenoxy) is 1. The lowest BCUT2D eigenvalue weighted by Crippen LogP contribution is -2.10. The summed E-state index contributed by atoms with van der Waals surface area (Å²) in [4.78, 5) is 12.8. The van der Waals surface area contributed by atoms with Crippen LogP contribution < -0.4 is 10.2 Å². The second-order valence-electron chi connectivity index (χ2n) is 5.40. The van der Waals surface area contributed by atoms with E-state index in [1.165, 1.54) is 0 Å². The Hall–Kier alpha value is -3.07. The van der Waals surface area contributed by atoms with Crippen LogP contribution in [0.4, 0.5) is 0 Å². The van der Waals surface area contributed by atoms with E-state index in [0.29, 0.717) is 10.8 Å². The molecule has 0 aliphatic rings. The average Bonchev–Trinajstić information content (AvgIpc) is 2.62. The summed E-state index contributed by atoms with van der Waals surface area (Å²) in [5.41, 5.74) is 2.80. The Morgan fingerprint density at radius 3 is 2.26 bits per heavy atom. The summed E-state index contributed by atoms with van der Waals surface area (Å²) in [6.07, 6.45) is 0. The molecule has 1 aromatic heterocycles. The van der Waals surface area contributed by atoms with Gasteiger partial charge >= 0.3 is 0 Å². The molecule has 4 rings (SSSR count). The van der Waals surface area contributed by atoms with E-state index in [9.17, 15) is 4.79 Å². The van der Waals surface area contributed by atoms with Gasteiger partial charge in [0.25, 0.3) is 0 Å². The van der Waals surface area contributed by atoms with Crippen molar-refractivity contribution in [2.24, 2.45) is 0 Å². The largest absolute Gasteiger partial charge is 0.497 e. The second-order valence-corrected chi connectivity index (χ2v) is 5.40. The minimum absolute atomic E-state index is 0.0467. The van der Waals surface area contributed by atoms with E-state index in [0.717, 1.165) is 22.5 Å². The molecule has 0 saturated carbocycles. The summed E-state index contributed by atoms with van der Waals surface area (Å²) in [6, 6.07) is 23.3. The zero-order valence-electron chi connectivity index (χ0n) is 12.7. The fourth-order valence-electron chi connectivity index (χ4n) is 3.01. The molecule has 112 valence electrons. The number of hydrogen-bond acceptors (Lipinski definition) is 2. The van der Waals surface area contributed by atoms with Crippen LogP contribution in [0.3, 0.4) is 0 Å². The quantitative estimate of drug-likeness (QED) is 0.521. The molecule has 23 heavy (non-hydrogen) atoms. The van der Waals surface area contributed by atoms with E-state index < -0.39 is 0 Å². The van der Waals surface area contributed by atoms with Crippen molar-refractivity contribution in [3.63, 3.8) is 0 Å². The van der Waals surface area contributed by atoms with Crippen LogP contribution in [0, 0.1) is 0 Å². The Balaban J connectivity index is 2.27. The lowest BCUT2D eigenvalue weighted by molar-refractivity contribution is 0.415.